The molecule has 33 heavy (non-hydrogen) atoms. The molecule has 1 unspecified atom stereocenters. The molecule has 3 aromatic rings. The third kappa shape index (κ3) is 4.82. The van der Waals surface area contributed by atoms with Crippen LogP contribution in [-0.4, -0.2) is 40.5 Å². The number of carbonyl (C=O) groups is 1. The van der Waals surface area contributed by atoms with Crippen molar-refractivity contribution in [2.45, 2.75) is 52.4 Å². The molecule has 1 amide bonds. The molecule has 5 heteroatoms. The number of carbonyl (C=O) groups excluding carboxylic acids is 1. The average molecular weight is 444 g/mol. The lowest BCUT2D eigenvalue weighted by Gasteiger charge is -2.32. The highest BCUT2D eigenvalue weighted by molar-refractivity contribution is 5.82. The van der Waals surface area contributed by atoms with Crippen molar-refractivity contribution in [1.82, 2.24) is 14.9 Å². The van der Waals surface area contributed by atoms with Gasteiger partial charge in [0, 0.05) is 25.9 Å². The van der Waals surface area contributed by atoms with Gasteiger partial charge in [-0.1, -0.05) is 37.1 Å². The number of ether oxygens (including phenoxy) is 1. The van der Waals surface area contributed by atoms with E-state index >= 15 is 0 Å². The number of nitrogens with one attached hydrogen (secondary N) is 1. The van der Waals surface area contributed by atoms with Gasteiger partial charge in [0.25, 0.3) is 0 Å². The summed E-state index contributed by atoms with van der Waals surface area (Å²) in [7, 11) is 0. The van der Waals surface area contributed by atoms with Crippen molar-refractivity contribution in [3.8, 4) is 16.9 Å². The zero-order valence-electron chi connectivity index (χ0n) is 19.7. The Bertz CT molecular complexity index is 1190. The Hall–Kier alpha value is -3.08. The topological polar surface area (TPSA) is 58.2 Å². The maximum Gasteiger partial charge on any atom is 0.226 e. The van der Waals surface area contributed by atoms with Gasteiger partial charge in [-0.2, -0.15) is 0 Å². The van der Waals surface area contributed by atoms with E-state index in [0.717, 1.165) is 72.5 Å². The van der Waals surface area contributed by atoms with E-state index < -0.39 is 0 Å². The van der Waals surface area contributed by atoms with E-state index in [1.165, 1.54) is 17.6 Å². The van der Waals surface area contributed by atoms with Gasteiger partial charge in [-0.05, 0) is 73.1 Å². The Balaban J connectivity index is 1.33. The molecule has 172 valence electrons. The normalized spacial score (nSPS) is 20.4. The number of rotatable bonds is 4. The minimum absolute atomic E-state index is 0.275. The van der Waals surface area contributed by atoms with Gasteiger partial charge < -0.3 is 14.6 Å². The molecule has 2 aliphatic rings. The van der Waals surface area contributed by atoms with Crippen molar-refractivity contribution in [2.75, 3.05) is 19.7 Å². The predicted molar refractivity (Wildman–Crippen MR) is 132 cm³/mol. The van der Waals surface area contributed by atoms with Crippen molar-refractivity contribution < 1.29 is 9.53 Å². The summed E-state index contributed by atoms with van der Waals surface area (Å²) in [5, 5.41) is 0. The Kier molecular flexibility index (Phi) is 6.21. The number of hydrogen-bond acceptors (Lipinski definition) is 3. The summed E-state index contributed by atoms with van der Waals surface area (Å²) in [4.78, 5) is 22.9. The maximum atomic E-state index is 13.0. The second kappa shape index (κ2) is 9.42. The van der Waals surface area contributed by atoms with Crippen molar-refractivity contribution in [3.05, 3.63) is 59.4 Å². The van der Waals surface area contributed by atoms with Crippen LogP contribution in [0.25, 0.3) is 22.2 Å². The van der Waals surface area contributed by atoms with Crippen LogP contribution in [0.2, 0.25) is 0 Å². The van der Waals surface area contributed by atoms with E-state index in [2.05, 4.69) is 64.3 Å². The molecule has 1 atom stereocenters. The van der Waals surface area contributed by atoms with Gasteiger partial charge in [0.15, 0.2) is 0 Å². The second-order valence-corrected chi connectivity index (χ2v) is 9.47. The largest absolute Gasteiger partial charge is 0.493 e. The monoisotopic (exact) mass is 443 g/mol. The first-order chi connectivity index (χ1) is 16.1. The number of fused-ring (bicyclic) bond motifs is 2. The van der Waals surface area contributed by atoms with Crippen molar-refractivity contribution >= 4 is 16.9 Å². The minimum Gasteiger partial charge on any atom is -0.493 e. The summed E-state index contributed by atoms with van der Waals surface area (Å²) < 4.78 is 6.10. The van der Waals surface area contributed by atoms with Crippen LogP contribution in [0.4, 0.5) is 0 Å². The van der Waals surface area contributed by atoms with Gasteiger partial charge in [-0.15, -0.1) is 0 Å². The molecule has 0 saturated carbocycles. The van der Waals surface area contributed by atoms with E-state index in [-0.39, 0.29) is 5.91 Å². The van der Waals surface area contributed by atoms with Gasteiger partial charge in [0.2, 0.25) is 5.91 Å². The number of hydrogen-bond donors (Lipinski definition) is 1. The molecule has 1 fully saturated rings. The number of allylic oxidation sites excluding steroid dienone is 1. The molecule has 0 aliphatic carbocycles. The van der Waals surface area contributed by atoms with Crippen molar-refractivity contribution in [2.24, 2.45) is 5.92 Å². The van der Waals surface area contributed by atoms with E-state index in [1.807, 2.05) is 6.92 Å². The fraction of sp³-hybridized carbons (Fsp3) is 0.429. The van der Waals surface area contributed by atoms with Crippen molar-refractivity contribution in [1.29, 1.82) is 0 Å². The van der Waals surface area contributed by atoms with Gasteiger partial charge in [-0.3, -0.25) is 4.79 Å². The summed E-state index contributed by atoms with van der Waals surface area (Å²) in [6.07, 6.45) is 7.92. The van der Waals surface area contributed by atoms with Crippen LogP contribution in [0.5, 0.6) is 5.75 Å². The number of imidazole rings is 1. The Labute approximate surface area is 195 Å². The Morgan fingerprint density at radius 1 is 1.21 bits per heavy atom. The molecule has 5 rings (SSSR count). The molecule has 5 nitrogen and oxygen atoms in total. The number of aryl methyl sites for hydroxylation is 1. The van der Waals surface area contributed by atoms with Crippen LogP contribution >= 0.6 is 0 Å². The average Bonchev–Trinajstić information content (AvgIpc) is 3.20. The summed E-state index contributed by atoms with van der Waals surface area (Å²) in [6.45, 7) is 6.65. The summed E-state index contributed by atoms with van der Waals surface area (Å²) >= 11 is 0. The van der Waals surface area contributed by atoms with Crippen LogP contribution in [-0.2, 0) is 11.2 Å². The minimum atomic E-state index is 0.275. The molecular weight excluding hydrogens is 410 g/mol. The standard InChI is InChI=1S/C28H33N3O2/c1-3-20-5-4-13-31(18-20)28(32)15-21-6-7-24-16-22(9-11-27(24)33-14-12-21)23-8-10-25-26(17-23)30-19(2)29-25/h6,8-11,16-17,20H,3-5,7,12-15,18H2,1-2H3,(H,29,30)/b21-6+. The molecular formula is C28H33N3O2. The quantitative estimate of drug-likeness (QED) is 0.516. The summed E-state index contributed by atoms with van der Waals surface area (Å²) in [5.74, 6) is 2.81. The zero-order chi connectivity index (χ0) is 22.8. The lowest BCUT2D eigenvalue weighted by atomic mass is 9.94. The first-order valence-corrected chi connectivity index (χ1v) is 12.3. The van der Waals surface area contributed by atoms with Crippen LogP contribution in [0.15, 0.2) is 48.0 Å². The molecule has 0 bridgehead atoms. The predicted octanol–water partition coefficient (Wildman–Crippen LogP) is 5.83. The molecule has 3 heterocycles. The highest BCUT2D eigenvalue weighted by Gasteiger charge is 2.23. The smallest absolute Gasteiger partial charge is 0.226 e. The molecule has 1 N–H and O–H groups in total. The third-order valence-electron chi connectivity index (χ3n) is 7.11. The number of benzene rings is 2. The number of piperidine rings is 1. The van der Waals surface area contributed by atoms with E-state index in [9.17, 15) is 4.79 Å². The number of H-pyrrole nitrogens is 1. The maximum absolute atomic E-state index is 13.0. The van der Waals surface area contributed by atoms with E-state index in [0.29, 0.717) is 18.9 Å². The van der Waals surface area contributed by atoms with Crippen LogP contribution in [0.1, 0.15) is 50.4 Å². The SMILES string of the molecule is CCC1CCCN(C(=O)C/C2=C/Cc3cc(-c4ccc5nc(C)[nH]c5c4)ccc3OCC2)C1. The zero-order valence-corrected chi connectivity index (χ0v) is 19.7. The van der Waals surface area contributed by atoms with Crippen LogP contribution in [0.3, 0.4) is 0 Å². The molecule has 0 spiro atoms. The second-order valence-electron chi connectivity index (χ2n) is 9.47. The van der Waals surface area contributed by atoms with Crippen LogP contribution < -0.4 is 4.74 Å². The first kappa shape index (κ1) is 21.7. The lowest BCUT2D eigenvalue weighted by Crippen LogP contribution is -2.39. The van der Waals surface area contributed by atoms with Crippen LogP contribution in [0, 0.1) is 12.8 Å². The molecule has 1 aromatic heterocycles. The fourth-order valence-corrected chi connectivity index (χ4v) is 5.12. The number of aromatic nitrogens is 2. The molecule has 0 radical (unpaired) electrons. The third-order valence-corrected chi connectivity index (χ3v) is 7.11. The Morgan fingerprint density at radius 2 is 2.06 bits per heavy atom. The highest BCUT2D eigenvalue weighted by Crippen LogP contribution is 2.31. The number of likely N-dealkylation sites (tertiary alicyclic amines) is 1. The van der Waals surface area contributed by atoms with Gasteiger partial charge in [0.1, 0.15) is 11.6 Å². The number of aromatic amines is 1. The molecule has 1 saturated heterocycles. The van der Waals surface area contributed by atoms with Gasteiger partial charge in [-0.25, -0.2) is 4.98 Å². The van der Waals surface area contributed by atoms with Gasteiger partial charge in [0.05, 0.1) is 17.6 Å². The first-order valence-electron chi connectivity index (χ1n) is 12.3. The number of nitrogens with zero attached hydrogens (tertiary/aromatic N) is 2. The number of amides is 1. The van der Waals surface area contributed by atoms with Gasteiger partial charge >= 0.3 is 0 Å². The summed E-state index contributed by atoms with van der Waals surface area (Å²) in [5.41, 5.74) is 6.73. The lowest BCUT2D eigenvalue weighted by molar-refractivity contribution is -0.132. The highest BCUT2D eigenvalue weighted by atomic mass is 16.5. The van der Waals surface area contributed by atoms with Crippen molar-refractivity contribution in [3.63, 3.8) is 0 Å². The molecule has 2 aromatic carbocycles. The fourth-order valence-electron chi connectivity index (χ4n) is 5.12. The molecule has 2 aliphatic heterocycles. The van der Waals surface area contributed by atoms with E-state index in [1.54, 1.807) is 0 Å². The Morgan fingerprint density at radius 3 is 2.94 bits per heavy atom. The van der Waals surface area contributed by atoms with E-state index in [4.69, 9.17) is 4.74 Å². The summed E-state index contributed by atoms with van der Waals surface area (Å²) in [6, 6.07) is 12.8.